The third-order valence-corrected chi connectivity index (χ3v) is 4.08. The van der Waals surface area contributed by atoms with Crippen molar-refractivity contribution in [1.29, 1.82) is 0 Å². The van der Waals surface area contributed by atoms with Crippen LogP contribution in [0.4, 0.5) is 4.39 Å². The second-order valence-electron chi connectivity index (χ2n) is 4.57. The van der Waals surface area contributed by atoms with E-state index in [0.717, 1.165) is 21.3 Å². The van der Waals surface area contributed by atoms with Gasteiger partial charge in [0.2, 0.25) is 0 Å². The molecule has 2 aromatic carbocycles. The van der Waals surface area contributed by atoms with Crippen LogP contribution in [0.3, 0.4) is 0 Å². The smallest absolute Gasteiger partial charge is 0.123 e. The van der Waals surface area contributed by atoms with E-state index in [1.54, 1.807) is 13.2 Å². The summed E-state index contributed by atoms with van der Waals surface area (Å²) in [5.74, 6) is 1.06. The molecule has 0 fully saturated rings. The van der Waals surface area contributed by atoms with Gasteiger partial charge in [-0.1, -0.05) is 28.1 Å². The van der Waals surface area contributed by atoms with Crippen LogP contribution < -0.4 is 4.74 Å². The van der Waals surface area contributed by atoms with Gasteiger partial charge in [-0.2, -0.15) is 0 Å². The maximum atomic E-state index is 13.3. The van der Waals surface area contributed by atoms with Crippen LogP contribution >= 0.6 is 27.5 Å². The molecule has 0 spiro atoms. The molecule has 4 heteroatoms. The normalized spacial score (nSPS) is 12.2. The molecular formula is C16H15BrClFO. The maximum absolute atomic E-state index is 13.3. The molecule has 1 nitrogen and oxygen atoms in total. The number of hydrogen-bond acceptors (Lipinski definition) is 1. The van der Waals surface area contributed by atoms with Gasteiger partial charge in [-0.3, -0.25) is 0 Å². The van der Waals surface area contributed by atoms with Crippen molar-refractivity contribution in [2.45, 2.75) is 12.3 Å². The van der Waals surface area contributed by atoms with E-state index in [1.807, 2.05) is 24.3 Å². The second kappa shape index (κ2) is 7.09. The highest BCUT2D eigenvalue weighted by molar-refractivity contribution is 9.10. The molecule has 0 aliphatic carbocycles. The van der Waals surface area contributed by atoms with Crippen molar-refractivity contribution in [2.24, 2.45) is 0 Å². The quantitative estimate of drug-likeness (QED) is 0.671. The highest BCUT2D eigenvalue weighted by atomic mass is 79.9. The molecule has 2 aromatic rings. The Labute approximate surface area is 131 Å². The van der Waals surface area contributed by atoms with Gasteiger partial charge in [-0.05, 0) is 47.9 Å². The standard InChI is InChI=1S/C16H15BrClFO/c1-20-16-6-5-14(17)8-12(16)7-13(10-18)11-3-2-4-15(19)9-11/h2-6,8-9,13H,7,10H2,1H3. The van der Waals surface area contributed by atoms with Crippen LogP contribution in [0.25, 0.3) is 0 Å². The van der Waals surface area contributed by atoms with Crippen molar-refractivity contribution >= 4 is 27.5 Å². The molecule has 0 heterocycles. The predicted octanol–water partition coefficient (Wildman–Crippen LogP) is 5.16. The molecule has 1 atom stereocenters. The van der Waals surface area contributed by atoms with E-state index in [2.05, 4.69) is 15.9 Å². The van der Waals surface area contributed by atoms with Crippen molar-refractivity contribution in [3.63, 3.8) is 0 Å². The minimum absolute atomic E-state index is 0.0515. The van der Waals surface area contributed by atoms with Crippen LogP contribution in [0.5, 0.6) is 5.75 Å². The van der Waals surface area contributed by atoms with Gasteiger partial charge < -0.3 is 4.74 Å². The highest BCUT2D eigenvalue weighted by Gasteiger charge is 2.15. The molecule has 0 aliphatic heterocycles. The molecule has 0 saturated carbocycles. The fourth-order valence-corrected chi connectivity index (χ4v) is 2.89. The third kappa shape index (κ3) is 3.74. The first-order chi connectivity index (χ1) is 9.63. The van der Waals surface area contributed by atoms with Gasteiger partial charge in [0.1, 0.15) is 11.6 Å². The molecule has 106 valence electrons. The Balaban J connectivity index is 2.28. The van der Waals surface area contributed by atoms with E-state index in [-0.39, 0.29) is 11.7 Å². The van der Waals surface area contributed by atoms with Gasteiger partial charge in [0, 0.05) is 16.3 Å². The molecule has 0 radical (unpaired) electrons. The lowest BCUT2D eigenvalue weighted by Crippen LogP contribution is -2.06. The number of benzene rings is 2. The molecular weight excluding hydrogens is 343 g/mol. The number of hydrogen-bond donors (Lipinski definition) is 0. The van der Waals surface area contributed by atoms with Crippen LogP contribution in [0, 0.1) is 5.82 Å². The zero-order valence-corrected chi connectivity index (χ0v) is 13.4. The first-order valence-electron chi connectivity index (χ1n) is 6.28. The lowest BCUT2D eigenvalue weighted by molar-refractivity contribution is 0.408. The molecule has 1 unspecified atom stereocenters. The Morgan fingerprint density at radius 3 is 2.70 bits per heavy atom. The molecule has 0 aliphatic rings. The molecule has 0 N–H and O–H groups in total. The first kappa shape index (κ1) is 15.3. The summed E-state index contributed by atoms with van der Waals surface area (Å²) in [5, 5.41) is 0. The van der Waals surface area contributed by atoms with Crippen LogP contribution in [0.2, 0.25) is 0 Å². The van der Waals surface area contributed by atoms with Crippen LogP contribution in [0.15, 0.2) is 46.9 Å². The van der Waals surface area contributed by atoms with Crippen molar-refractivity contribution in [1.82, 2.24) is 0 Å². The summed E-state index contributed by atoms with van der Waals surface area (Å²) in [6, 6.07) is 12.4. The van der Waals surface area contributed by atoms with Gasteiger partial charge in [0.25, 0.3) is 0 Å². The zero-order chi connectivity index (χ0) is 14.5. The second-order valence-corrected chi connectivity index (χ2v) is 5.79. The number of halogens is 3. The third-order valence-electron chi connectivity index (χ3n) is 3.22. The Bertz CT molecular complexity index is 588. The summed E-state index contributed by atoms with van der Waals surface area (Å²) in [5.41, 5.74) is 1.96. The van der Waals surface area contributed by atoms with E-state index in [4.69, 9.17) is 16.3 Å². The van der Waals surface area contributed by atoms with Gasteiger partial charge >= 0.3 is 0 Å². The van der Waals surface area contributed by atoms with E-state index < -0.39 is 0 Å². The number of methoxy groups -OCH3 is 1. The Kier molecular flexibility index (Phi) is 5.44. The number of rotatable bonds is 5. The van der Waals surface area contributed by atoms with Crippen molar-refractivity contribution in [3.05, 3.63) is 63.9 Å². The minimum atomic E-state index is -0.237. The van der Waals surface area contributed by atoms with Gasteiger partial charge in [0.15, 0.2) is 0 Å². The largest absolute Gasteiger partial charge is 0.496 e. The maximum Gasteiger partial charge on any atom is 0.123 e. The molecule has 0 bridgehead atoms. The van der Waals surface area contributed by atoms with Crippen molar-refractivity contribution in [3.8, 4) is 5.75 Å². The summed E-state index contributed by atoms with van der Waals surface area (Å²) in [6.45, 7) is 0. The average molecular weight is 358 g/mol. The molecule has 0 aromatic heterocycles. The lowest BCUT2D eigenvalue weighted by Gasteiger charge is -2.17. The van der Waals surface area contributed by atoms with E-state index in [9.17, 15) is 4.39 Å². The van der Waals surface area contributed by atoms with Crippen molar-refractivity contribution in [2.75, 3.05) is 13.0 Å². The van der Waals surface area contributed by atoms with Gasteiger partial charge in [-0.25, -0.2) is 4.39 Å². The van der Waals surface area contributed by atoms with E-state index >= 15 is 0 Å². The van der Waals surface area contributed by atoms with Crippen LogP contribution in [-0.4, -0.2) is 13.0 Å². The van der Waals surface area contributed by atoms with Crippen LogP contribution in [0.1, 0.15) is 17.0 Å². The molecule has 0 amide bonds. The average Bonchev–Trinajstić information content (AvgIpc) is 2.45. The Morgan fingerprint density at radius 2 is 2.05 bits per heavy atom. The Morgan fingerprint density at radius 1 is 1.25 bits per heavy atom. The summed E-state index contributed by atoms with van der Waals surface area (Å²) in [7, 11) is 1.64. The van der Waals surface area contributed by atoms with E-state index in [0.29, 0.717) is 12.3 Å². The summed E-state index contributed by atoms with van der Waals surface area (Å²) in [4.78, 5) is 0. The van der Waals surface area contributed by atoms with Gasteiger partial charge in [0.05, 0.1) is 7.11 Å². The van der Waals surface area contributed by atoms with Crippen molar-refractivity contribution < 1.29 is 9.13 Å². The minimum Gasteiger partial charge on any atom is -0.496 e. The summed E-state index contributed by atoms with van der Waals surface area (Å²) < 4.78 is 19.7. The van der Waals surface area contributed by atoms with Crippen LogP contribution in [-0.2, 0) is 6.42 Å². The molecule has 20 heavy (non-hydrogen) atoms. The number of alkyl halides is 1. The summed E-state index contributed by atoms with van der Waals surface area (Å²) >= 11 is 9.52. The van der Waals surface area contributed by atoms with E-state index in [1.165, 1.54) is 12.1 Å². The number of ether oxygens (including phenoxy) is 1. The molecule has 2 rings (SSSR count). The zero-order valence-electron chi connectivity index (χ0n) is 11.1. The Hall–Kier alpha value is -1.06. The lowest BCUT2D eigenvalue weighted by atomic mass is 9.93. The fraction of sp³-hybridized carbons (Fsp3) is 0.250. The molecule has 0 saturated heterocycles. The monoisotopic (exact) mass is 356 g/mol. The van der Waals surface area contributed by atoms with Gasteiger partial charge in [-0.15, -0.1) is 11.6 Å². The first-order valence-corrected chi connectivity index (χ1v) is 7.60. The summed E-state index contributed by atoms with van der Waals surface area (Å²) in [6.07, 6.45) is 0.704. The fourth-order valence-electron chi connectivity index (χ4n) is 2.19. The highest BCUT2D eigenvalue weighted by Crippen LogP contribution is 2.30. The predicted molar refractivity (Wildman–Crippen MR) is 84.3 cm³/mol. The SMILES string of the molecule is COc1ccc(Br)cc1CC(CCl)c1cccc(F)c1. The topological polar surface area (TPSA) is 9.23 Å².